The SMILES string of the molecule is CCCC1CN=C(NCCC(C)S(C)=O)S1. The molecule has 1 aliphatic rings. The van der Waals surface area contributed by atoms with Gasteiger partial charge in [-0.15, -0.1) is 0 Å². The Labute approximate surface area is 105 Å². The van der Waals surface area contributed by atoms with Gasteiger partial charge in [0.25, 0.3) is 0 Å². The summed E-state index contributed by atoms with van der Waals surface area (Å²) in [5.41, 5.74) is 0. The van der Waals surface area contributed by atoms with Gasteiger partial charge in [0.05, 0.1) is 6.54 Å². The lowest BCUT2D eigenvalue weighted by molar-refractivity contribution is 0.666. The van der Waals surface area contributed by atoms with Crippen LogP contribution in [0.1, 0.15) is 33.1 Å². The third-order valence-corrected chi connectivity index (χ3v) is 5.30. The first-order valence-corrected chi connectivity index (χ1v) is 8.40. The van der Waals surface area contributed by atoms with Crippen molar-refractivity contribution >= 4 is 27.7 Å². The highest BCUT2D eigenvalue weighted by Gasteiger charge is 2.18. The second kappa shape index (κ2) is 7.33. The molecule has 3 unspecified atom stereocenters. The summed E-state index contributed by atoms with van der Waals surface area (Å²) in [6.07, 6.45) is 5.19. The Morgan fingerprint density at radius 2 is 2.44 bits per heavy atom. The number of thioether (sulfide) groups is 1. The molecular weight excluding hydrogens is 240 g/mol. The number of rotatable bonds is 6. The Bertz CT molecular complexity index is 269. The van der Waals surface area contributed by atoms with Crippen molar-refractivity contribution in [2.45, 2.75) is 43.6 Å². The second-order valence-corrected chi connectivity index (χ2v) is 7.29. The van der Waals surface area contributed by atoms with Crippen molar-refractivity contribution < 1.29 is 4.21 Å². The summed E-state index contributed by atoms with van der Waals surface area (Å²) in [5, 5.41) is 5.35. The lowest BCUT2D eigenvalue weighted by Crippen LogP contribution is -2.24. The monoisotopic (exact) mass is 262 g/mol. The molecule has 1 rings (SSSR count). The van der Waals surface area contributed by atoms with E-state index in [0.717, 1.165) is 24.7 Å². The second-order valence-electron chi connectivity index (χ2n) is 4.20. The highest BCUT2D eigenvalue weighted by atomic mass is 32.2. The molecule has 1 aliphatic heterocycles. The Balaban J connectivity index is 2.13. The summed E-state index contributed by atoms with van der Waals surface area (Å²) in [4.78, 5) is 4.47. The van der Waals surface area contributed by atoms with Crippen LogP contribution in [0.2, 0.25) is 0 Å². The normalized spacial score (nSPS) is 23.9. The molecule has 3 atom stereocenters. The first kappa shape index (κ1) is 14.0. The van der Waals surface area contributed by atoms with Crippen molar-refractivity contribution in [2.75, 3.05) is 19.3 Å². The van der Waals surface area contributed by atoms with Crippen LogP contribution in [0.4, 0.5) is 0 Å². The zero-order valence-electron chi connectivity index (χ0n) is 10.4. The van der Waals surface area contributed by atoms with Gasteiger partial charge in [-0.3, -0.25) is 9.20 Å². The van der Waals surface area contributed by atoms with Gasteiger partial charge in [-0.2, -0.15) is 0 Å². The molecule has 1 heterocycles. The maximum Gasteiger partial charge on any atom is 0.156 e. The molecular formula is C11H22N2OS2. The molecule has 0 saturated heterocycles. The largest absolute Gasteiger partial charge is 0.365 e. The fraction of sp³-hybridized carbons (Fsp3) is 0.909. The van der Waals surface area contributed by atoms with Gasteiger partial charge in [0.2, 0.25) is 0 Å². The van der Waals surface area contributed by atoms with Crippen LogP contribution in [0.3, 0.4) is 0 Å². The summed E-state index contributed by atoms with van der Waals surface area (Å²) in [6, 6.07) is 0. The summed E-state index contributed by atoms with van der Waals surface area (Å²) < 4.78 is 11.2. The third-order valence-electron chi connectivity index (χ3n) is 2.72. The van der Waals surface area contributed by atoms with E-state index in [1.165, 1.54) is 12.8 Å². The number of aliphatic imine (C=N–C) groups is 1. The summed E-state index contributed by atoms with van der Waals surface area (Å²) in [7, 11) is -0.710. The maximum atomic E-state index is 11.2. The van der Waals surface area contributed by atoms with E-state index in [0.29, 0.717) is 5.25 Å². The summed E-state index contributed by atoms with van der Waals surface area (Å²) in [6.45, 7) is 6.08. The van der Waals surface area contributed by atoms with Gasteiger partial charge < -0.3 is 5.32 Å². The van der Waals surface area contributed by atoms with Gasteiger partial charge in [-0.1, -0.05) is 32.0 Å². The lowest BCUT2D eigenvalue weighted by Gasteiger charge is -2.10. The molecule has 0 aliphatic carbocycles. The predicted octanol–water partition coefficient (Wildman–Crippen LogP) is 2.00. The van der Waals surface area contributed by atoms with Crippen LogP contribution in [0.15, 0.2) is 4.99 Å². The quantitative estimate of drug-likeness (QED) is 0.796. The minimum atomic E-state index is -0.710. The summed E-state index contributed by atoms with van der Waals surface area (Å²) >= 11 is 1.86. The maximum absolute atomic E-state index is 11.2. The van der Waals surface area contributed by atoms with Crippen molar-refractivity contribution in [3.8, 4) is 0 Å². The van der Waals surface area contributed by atoms with Crippen LogP contribution in [0.25, 0.3) is 0 Å². The molecule has 0 spiro atoms. The fourth-order valence-corrected chi connectivity index (χ4v) is 3.14. The molecule has 3 nitrogen and oxygen atoms in total. The molecule has 1 N–H and O–H groups in total. The number of hydrogen-bond acceptors (Lipinski definition) is 4. The average Bonchev–Trinajstić information content (AvgIpc) is 2.66. The van der Waals surface area contributed by atoms with E-state index in [1.54, 1.807) is 6.26 Å². The zero-order valence-corrected chi connectivity index (χ0v) is 12.0. The van der Waals surface area contributed by atoms with E-state index in [9.17, 15) is 4.21 Å². The van der Waals surface area contributed by atoms with Crippen LogP contribution >= 0.6 is 11.8 Å². The van der Waals surface area contributed by atoms with Crippen molar-refractivity contribution in [2.24, 2.45) is 4.99 Å². The minimum Gasteiger partial charge on any atom is -0.365 e. The number of nitrogens with one attached hydrogen (secondary N) is 1. The van der Waals surface area contributed by atoms with Crippen molar-refractivity contribution in [1.29, 1.82) is 0 Å². The highest BCUT2D eigenvalue weighted by molar-refractivity contribution is 8.14. The van der Waals surface area contributed by atoms with E-state index in [2.05, 4.69) is 17.2 Å². The van der Waals surface area contributed by atoms with Crippen LogP contribution in [0, 0.1) is 0 Å². The fourth-order valence-electron chi connectivity index (χ4n) is 1.54. The molecule has 0 fully saturated rings. The Hall–Kier alpha value is -0.0300. The van der Waals surface area contributed by atoms with Crippen LogP contribution in [-0.2, 0) is 10.8 Å². The van der Waals surface area contributed by atoms with E-state index < -0.39 is 10.8 Å². The van der Waals surface area contributed by atoms with Gasteiger partial charge >= 0.3 is 0 Å². The van der Waals surface area contributed by atoms with Gasteiger partial charge in [0.15, 0.2) is 5.17 Å². The molecule has 0 amide bonds. The van der Waals surface area contributed by atoms with E-state index in [-0.39, 0.29) is 5.25 Å². The Kier molecular flexibility index (Phi) is 6.43. The van der Waals surface area contributed by atoms with Crippen molar-refractivity contribution in [1.82, 2.24) is 5.32 Å². The van der Waals surface area contributed by atoms with Crippen LogP contribution in [-0.4, -0.2) is 39.2 Å². The first-order chi connectivity index (χ1) is 7.63. The molecule has 0 aromatic heterocycles. The summed E-state index contributed by atoms with van der Waals surface area (Å²) in [5.74, 6) is 0. The smallest absolute Gasteiger partial charge is 0.156 e. The van der Waals surface area contributed by atoms with E-state index in [4.69, 9.17) is 0 Å². The predicted molar refractivity (Wildman–Crippen MR) is 74.7 cm³/mol. The molecule has 94 valence electrons. The van der Waals surface area contributed by atoms with Gasteiger partial charge in [-0.25, -0.2) is 0 Å². The number of nitrogens with zero attached hydrogens (tertiary/aromatic N) is 1. The molecule has 0 radical (unpaired) electrons. The van der Waals surface area contributed by atoms with Crippen molar-refractivity contribution in [3.05, 3.63) is 0 Å². The van der Waals surface area contributed by atoms with Gasteiger partial charge in [0, 0.05) is 34.1 Å². The van der Waals surface area contributed by atoms with Gasteiger partial charge in [-0.05, 0) is 12.8 Å². The first-order valence-electron chi connectivity index (χ1n) is 5.90. The molecule has 0 aromatic carbocycles. The average molecular weight is 262 g/mol. The molecule has 16 heavy (non-hydrogen) atoms. The molecule has 0 aromatic rings. The Morgan fingerprint density at radius 3 is 3.06 bits per heavy atom. The number of hydrogen-bond donors (Lipinski definition) is 1. The van der Waals surface area contributed by atoms with E-state index in [1.807, 2.05) is 18.7 Å². The topological polar surface area (TPSA) is 41.5 Å². The molecule has 0 bridgehead atoms. The standard InChI is InChI=1S/C11H22N2OS2/c1-4-5-10-8-13-11(15-10)12-7-6-9(2)16(3)14/h9-10H,4-8H2,1-3H3,(H,12,13). The van der Waals surface area contributed by atoms with Crippen LogP contribution in [0.5, 0.6) is 0 Å². The van der Waals surface area contributed by atoms with E-state index >= 15 is 0 Å². The molecule has 5 heteroatoms. The van der Waals surface area contributed by atoms with Gasteiger partial charge in [0.1, 0.15) is 0 Å². The Morgan fingerprint density at radius 1 is 1.69 bits per heavy atom. The minimum absolute atomic E-state index is 0.269. The third kappa shape index (κ3) is 4.87. The van der Waals surface area contributed by atoms with Crippen LogP contribution < -0.4 is 5.32 Å². The highest BCUT2D eigenvalue weighted by Crippen LogP contribution is 2.23. The number of amidine groups is 1. The lowest BCUT2D eigenvalue weighted by atomic mass is 10.2. The van der Waals surface area contributed by atoms with Crippen molar-refractivity contribution in [3.63, 3.8) is 0 Å². The zero-order chi connectivity index (χ0) is 12.0. The molecule has 0 saturated carbocycles.